The number of carbonyl (C=O) groups is 2. The molecule has 4 rings (SSSR count). The first-order chi connectivity index (χ1) is 15.2. The van der Waals surface area contributed by atoms with Gasteiger partial charge in [0, 0.05) is 17.5 Å². The van der Waals surface area contributed by atoms with E-state index in [0.717, 1.165) is 24.6 Å². The Labute approximate surface area is 184 Å². The van der Waals surface area contributed by atoms with Crippen molar-refractivity contribution in [3.63, 3.8) is 0 Å². The second-order valence-electron chi connectivity index (χ2n) is 7.21. The number of thioether (sulfide) groups is 1. The maximum absolute atomic E-state index is 13.0. The number of halogens is 3. The Bertz CT molecular complexity index is 1070. The van der Waals surface area contributed by atoms with E-state index in [0.29, 0.717) is 15.9 Å². The van der Waals surface area contributed by atoms with Crippen molar-refractivity contribution >= 4 is 23.8 Å². The quantitative estimate of drug-likeness (QED) is 0.380. The van der Waals surface area contributed by atoms with E-state index < -0.39 is 30.0 Å². The van der Waals surface area contributed by atoms with E-state index in [1.807, 2.05) is 0 Å². The monoisotopic (exact) mass is 468 g/mol. The number of nitrogen functional groups attached to an aromatic ring is 1. The number of aromatic nitrogens is 3. The number of urea groups is 1. The highest BCUT2D eigenvalue weighted by atomic mass is 32.2. The van der Waals surface area contributed by atoms with Crippen molar-refractivity contribution in [2.45, 2.75) is 36.3 Å². The van der Waals surface area contributed by atoms with Gasteiger partial charge >= 0.3 is 18.2 Å². The highest BCUT2D eigenvalue weighted by Gasteiger charge is 2.44. The first-order valence-corrected chi connectivity index (χ1v) is 10.6. The lowest BCUT2D eigenvalue weighted by molar-refractivity contribution is -0.146. The molecule has 3 N–H and O–H groups in total. The van der Waals surface area contributed by atoms with Crippen LogP contribution in [0.5, 0.6) is 0 Å². The summed E-state index contributed by atoms with van der Waals surface area (Å²) in [6.45, 7) is 0. The molecule has 0 bridgehead atoms. The van der Waals surface area contributed by atoms with Crippen LogP contribution in [0.15, 0.2) is 46.8 Å². The molecule has 0 radical (unpaired) electrons. The number of hydrogen-bond acceptors (Lipinski definition) is 7. The standard InChI is InChI=1S/C19H19F3N6O3S/c1-31-15(29)13-12(9-32-18-26-25-16(28(18)23)19(20,21)22)27(11-7-8-11)17(30)24-14(13)10-5-3-2-4-6-10/h2-6,11,14H,7-9,23H2,1H3,(H,24,30). The summed E-state index contributed by atoms with van der Waals surface area (Å²) in [5.41, 5.74) is 1.22. The Morgan fingerprint density at radius 2 is 1.97 bits per heavy atom. The summed E-state index contributed by atoms with van der Waals surface area (Å²) in [5, 5.41) is 9.26. The maximum Gasteiger partial charge on any atom is 0.453 e. The lowest BCUT2D eigenvalue weighted by Gasteiger charge is -2.36. The topological polar surface area (TPSA) is 115 Å². The molecule has 2 aliphatic rings. The van der Waals surface area contributed by atoms with Crippen molar-refractivity contribution in [3.05, 3.63) is 53.0 Å². The van der Waals surface area contributed by atoms with Gasteiger partial charge in [-0.25, -0.2) is 14.3 Å². The summed E-state index contributed by atoms with van der Waals surface area (Å²) < 4.78 is 44.3. The van der Waals surface area contributed by atoms with Gasteiger partial charge in [-0.15, -0.1) is 10.2 Å². The smallest absolute Gasteiger partial charge is 0.453 e. The molecule has 2 aromatic rings. The molecular weight excluding hydrogens is 449 g/mol. The number of methoxy groups -OCH3 is 1. The lowest BCUT2D eigenvalue weighted by atomic mass is 9.95. The first-order valence-electron chi connectivity index (χ1n) is 9.59. The number of esters is 1. The number of hydrogen-bond donors (Lipinski definition) is 2. The summed E-state index contributed by atoms with van der Waals surface area (Å²) in [4.78, 5) is 27.2. The zero-order valence-corrected chi connectivity index (χ0v) is 17.6. The molecule has 2 heterocycles. The largest absolute Gasteiger partial charge is 0.466 e. The van der Waals surface area contributed by atoms with Gasteiger partial charge in [-0.3, -0.25) is 4.90 Å². The Hall–Kier alpha value is -3.22. The molecule has 1 unspecified atom stereocenters. The number of nitrogens with one attached hydrogen (secondary N) is 1. The number of alkyl halides is 3. The predicted molar refractivity (Wildman–Crippen MR) is 108 cm³/mol. The molecular formula is C19H19F3N6O3S. The van der Waals surface area contributed by atoms with Crippen LogP contribution in [0, 0.1) is 0 Å². The zero-order valence-electron chi connectivity index (χ0n) is 16.8. The van der Waals surface area contributed by atoms with Crippen molar-refractivity contribution in [1.29, 1.82) is 0 Å². The number of benzene rings is 1. The minimum atomic E-state index is -4.76. The molecule has 1 saturated carbocycles. The molecule has 13 heteroatoms. The molecule has 1 aliphatic carbocycles. The molecule has 32 heavy (non-hydrogen) atoms. The van der Waals surface area contributed by atoms with Gasteiger partial charge < -0.3 is 15.9 Å². The second-order valence-corrected chi connectivity index (χ2v) is 8.15. The molecule has 1 aromatic heterocycles. The average Bonchev–Trinajstić information content (AvgIpc) is 3.52. The van der Waals surface area contributed by atoms with E-state index in [1.54, 1.807) is 30.3 Å². The number of nitrogens with zero attached hydrogens (tertiary/aromatic N) is 4. The number of amides is 2. The van der Waals surface area contributed by atoms with Crippen molar-refractivity contribution in [2.24, 2.45) is 0 Å². The van der Waals surface area contributed by atoms with Gasteiger partial charge in [0.15, 0.2) is 0 Å². The Morgan fingerprint density at radius 1 is 1.28 bits per heavy atom. The fourth-order valence-corrected chi connectivity index (χ4v) is 4.38. The van der Waals surface area contributed by atoms with Crippen molar-refractivity contribution in [2.75, 3.05) is 18.7 Å². The zero-order chi connectivity index (χ0) is 23.0. The second kappa shape index (κ2) is 8.37. The molecule has 170 valence electrons. The Morgan fingerprint density at radius 3 is 2.53 bits per heavy atom. The average molecular weight is 468 g/mol. The minimum Gasteiger partial charge on any atom is -0.466 e. The van der Waals surface area contributed by atoms with Gasteiger partial charge in [0.1, 0.15) is 0 Å². The van der Waals surface area contributed by atoms with Gasteiger partial charge in [0.2, 0.25) is 5.16 Å². The van der Waals surface area contributed by atoms with Crippen LogP contribution in [0.2, 0.25) is 0 Å². The van der Waals surface area contributed by atoms with Gasteiger partial charge in [0.25, 0.3) is 5.82 Å². The molecule has 1 fully saturated rings. The highest BCUT2D eigenvalue weighted by Crippen LogP contribution is 2.40. The van der Waals surface area contributed by atoms with Crippen LogP contribution < -0.4 is 11.2 Å². The third-order valence-electron chi connectivity index (χ3n) is 5.08. The van der Waals surface area contributed by atoms with E-state index in [2.05, 4.69) is 15.5 Å². The van der Waals surface area contributed by atoms with Crippen LogP contribution in [0.1, 0.15) is 30.3 Å². The molecule has 0 spiro atoms. The summed E-state index contributed by atoms with van der Waals surface area (Å²) in [6.07, 6.45) is -3.27. The van der Waals surface area contributed by atoms with Gasteiger partial charge in [-0.1, -0.05) is 42.1 Å². The Kier molecular flexibility index (Phi) is 5.75. The van der Waals surface area contributed by atoms with Crippen LogP contribution in [-0.2, 0) is 15.7 Å². The number of ether oxygens (including phenoxy) is 1. The lowest BCUT2D eigenvalue weighted by Crippen LogP contribution is -2.50. The summed E-state index contributed by atoms with van der Waals surface area (Å²) in [6, 6.07) is 7.59. The van der Waals surface area contributed by atoms with Crippen LogP contribution >= 0.6 is 11.8 Å². The van der Waals surface area contributed by atoms with Crippen LogP contribution in [-0.4, -0.2) is 50.7 Å². The highest BCUT2D eigenvalue weighted by molar-refractivity contribution is 7.99. The summed E-state index contributed by atoms with van der Waals surface area (Å²) >= 11 is 0.847. The molecule has 1 atom stereocenters. The fraction of sp³-hybridized carbons (Fsp3) is 0.368. The first kappa shape index (κ1) is 22.0. The summed E-state index contributed by atoms with van der Waals surface area (Å²) in [5.74, 6) is 3.50. The molecule has 1 aliphatic heterocycles. The predicted octanol–water partition coefficient (Wildman–Crippen LogP) is 2.46. The summed E-state index contributed by atoms with van der Waals surface area (Å²) in [7, 11) is 1.23. The third kappa shape index (κ3) is 4.11. The fourth-order valence-electron chi connectivity index (χ4n) is 3.49. The minimum absolute atomic E-state index is 0.0368. The van der Waals surface area contributed by atoms with Crippen LogP contribution in [0.3, 0.4) is 0 Å². The number of carbonyl (C=O) groups excluding carboxylic acids is 2. The van der Waals surface area contributed by atoms with Gasteiger partial charge in [-0.2, -0.15) is 13.2 Å². The normalized spacial score (nSPS) is 19.2. The molecule has 2 amide bonds. The van der Waals surface area contributed by atoms with Crippen molar-refractivity contribution in [1.82, 2.24) is 25.1 Å². The Balaban J connectivity index is 1.74. The van der Waals surface area contributed by atoms with E-state index in [1.165, 1.54) is 12.0 Å². The molecule has 1 aromatic carbocycles. The molecule has 9 nitrogen and oxygen atoms in total. The maximum atomic E-state index is 13.0. The van der Waals surface area contributed by atoms with E-state index in [4.69, 9.17) is 10.6 Å². The van der Waals surface area contributed by atoms with E-state index >= 15 is 0 Å². The van der Waals surface area contributed by atoms with Crippen LogP contribution in [0.4, 0.5) is 18.0 Å². The SMILES string of the molecule is COC(=O)C1=C(CSc2nnc(C(F)(F)F)n2N)N(C2CC2)C(=O)NC1c1ccccc1. The van der Waals surface area contributed by atoms with E-state index in [-0.39, 0.29) is 22.5 Å². The van der Waals surface area contributed by atoms with Gasteiger partial charge in [0.05, 0.1) is 18.7 Å². The molecule has 0 saturated heterocycles. The van der Waals surface area contributed by atoms with Crippen molar-refractivity contribution in [3.8, 4) is 0 Å². The number of rotatable bonds is 6. The van der Waals surface area contributed by atoms with Crippen LogP contribution in [0.25, 0.3) is 0 Å². The van der Waals surface area contributed by atoms with E-state index in [9.17, 15) is 22.8 Å². The van der Waals surface area contributed by atoms with Gasteiger partial charge in [-0.05, 0) is 18.4 Å². The van der Waals surface area contributed by atoms with Crippen molar-refractivity contribution < 1.29 is 27.5 Å². The third-order valence-corrected chi connectivity index (χ3v) is 6.04. The number of nitrogens with two attached hydrogens (primary N) is 1.